The molecule has 0 aromatic carbocycles. The minimum Gasteiger partial charge on any atom is -0.314 e. The number of hydrogen-bond acceptors (Lipinski definition) is 2. The third kappa shape index (κ3) is 2.99. The van der Waals surface area contributed by atoms with Crippen LogP contribution in [0.1, 0.15) is 25.7 Å². The van der Waals surface area contributed by atoms with E-state index in [4.69, 9.17) is 0 Å². The Labute approximate surface area is 124 Å². The fraction of sp³-hybridized carbons (Fsp3) is 1.00. The van der Waals surface area contributed by atoms with Crippen molar-refractivity contribution < 1.29 is 13.2 Å². The second kappa shape index (κ2) is 5.96. The molecule has 1 N–H and O–H groups in total. The van der Waals surface area contributed by atoms with E-state index < -0.39 is 17.5 Å². The molecule has 0 bridgehead atoms. The molecule has 2 aliphatic heterocycles. The quantitative estimate of drug-likeness (QED) is 0.799. The Morgan fingerprint density at radius 3 is 2.47 bits per heavy atom. The maximum Gasteiger partial charge on any atom is 0.255 e. The van der Waals surface area contributed by atoms with E-state index in [2.05, 4.69) is 5.32 Å². The van der Waals surface area contributed by atoms with Crippen LogP contribution in [0.15, 0.2) is 0 Å². The van der Waals surface area contributed by atoms with Crippen molar-refractivity contribution in [2.45, 2.75) is 43.8 Å². The van der Waals surface area contributed by atoms with E-state index in [-0.39, 0.29) is 37.3 Å². The Morgan fingerprint density at radius 1 is 1.21 bits per heavy atom. The Bertz CT molecular complexity index is 319. The second-order valence-electron chi connectivity index (χ2n) is 5.81. The number of nitrogens with zero attached hydrogens (tertiary/aromatic N) is 1. The number of halogens is 5. The van der Waals surface area contributed by atoms with Crippen molar-refractivity contribution in [3.8, 4) is 0 Å². The minimum absolute atomic E-state index is 0. The summed E-state index contributed by atoms with van der Waals surface area (Å²) in [6.07, 6.45) is 1.23. The molecule has 114 valence electrons. The molecule has 0 radical (unpaired) electrons. The molecule has 2 heterocycles. The lowest BCUT2D eigenvalue weighted by Crippen LogP contribution is -2.54. The molecule has 1 aliphatic carbocycles. The van der Waals surface area contributed by atoms with Gasteiger partial charge in [0.15, 0.2) is 0 Å². The molecule has 0 aromatic rings. The standard InChI is InChI=1S/C12H19F3N2.2ClH/c13-9-6-16-4-2-10(9)17-5-1-3-11(8-17)7-12(11,14)15;;/h9-10,16H,1-8H2;2*1H. The summed E-state index contributed by atoms with van der Waals surface area (Å²) in [6.45, 7) is 2.34. The van der Waals surface area contributed by atoms with E-state index in [1.54, 1.807) is 0 Å². The van der Waals surface area contributed by atoms with Gasteiger partial charge >= 0.3 is 0 Å². The average molecular weight is 321 g/mol. The molecular weight excluding hydrogens is 300 g/mol. The first-order chi connectivity index (χ1) is 8.04. The summed E-state index contributed by atoms with van der Waals surface area (Å²) in [6, 6.07) is -0.148. The number of piperidine rings is 2. The Morgan fingerprint density at radius 2 is 1.89 bits per heavy atom. The molecule has 2 nitrogen and oxygen atoms in total. The Kier molecular flexibility index (Phi) is 5.44. The highest BCUT2D eigenvalue weighted by atomic mass is 35.5. The van der Waals surface area contributed by atoms with Crippen LogP contribution in [0.4, 0.5) is 13.2 Å². The summed E-state index contributed by atoms with van der Waals surface area (Å²) in [5, 5.41) is 3.01. The largest absolute Gasteiger partial charge is 0.314 e. The lowest BCUT2D eigenvalue weighted by molar-refractivity contribution is -0.00764. The number of nitrogens with one attached hydrogen (secondary N) is 1. The molecule has 7 heteroatoms. The van der Waals surface area contributed by atoms with Gasteiger partial charge in [0.25, 0.3) is 5.92 Å². The van der Waals surface area contributed by atoms with Crippen LogP contribution in [0.3, 0.4) is 0 Å². The molecule has 0 amide bonds. The van der Waals surface area contributed by atoms with Gasteiger partial charge in [-0.05, 0) is 32.4 Å². The molecule has 1 saturated carbocycles. The summed E-state index contributed by atoms with van der Waals surface area (Å²) in [4.78, 5) is 1.98. The summed E-state index contributed by atoms with van der Waals surface area (Å²) in [5.41, 5.74) is -0.810. The zero-order chi connectivity index (χ0) is 12.1. The summed E-state index contributed by atoms with van der Waals surface area (Å²) in [5.74, 6) is -2.50. The van der Waals surface area contributed by atoms with Gasteiger partial charge in [0, 0.05) is 25.6 Å². The second-order valence-corrected chi connectivity index (χ2v) is 5.81. The van der Waals surface area contributed by atoms with Crippen LogP contribution in [0.2, 0.25) is 0 Å². The molecule has 19 heavy (non-hydrogen) atoms. The number of rotatable bonds is 1. The van der Waals surface area contributed by atoms with E-state index in [1.807, 2.05) is 4.90 Å². The number of hydrogen-bond donors (Lipinski definition) is 1. The van der Waals surface area contributed by atoms with Crippen molar-refractivity contribution in [1.82, 2.24) is 10.2 Å². The van der Waals surface area contributed by atoms with Crippen LogP contribution in [-0.4, -0.2) is 49.2 Å². The van der Waals surface area contributed by atoms with Crippen LogP contribution in [0, 0.1) is 5.41 Å². The molecule has 3 aliphatic rings. The van der Waals surface area contributed by atoms with Gasteiger partial charge in [0.1, 0.15) is 6.17 Å². The first-order valence-electron chi connectivity index (χ1n) is 6.51. The van der Waals surface area contributed by atoms with Gasteiger partial charge in [-0.3, -0.25) is 4.90 Å². The molecule has 3 atom stereocenters. The van der Waals surface area contributed by atoms with Crippen molar-refractivity contribution >= 4 is 24.8 Å². The van der Waals surface area contributed by atoms with Crippen molar-refractivity contribution in [2.75, 3.05) is 26.2 Å². The highest BCUT2D eigenvalue weighted by molar-refractivity contribution is 5.85. The molecule has 3 rings (SSSR count). The predicted molar refractivity (Wildman–Crippen MR) is 73.5 cm³/mol. The van der Waals surface area contributed by atoms with Crippen LogP contribution in [-0.2, 0) is 0 Å². The van der Waals surface area contributed by atoms with Gasteiger partial charge in [-0.2, -0.15) is 0 Å². The number of likely N-dealkylation sites (tertiary alicyclic amines) is 1. The van der Waals surface area contributed by atoms with E-state index in [1.165, 1.54) is 0 Å². The van der Waals surface area contributed by atoms with Crippen LogP contribution in [0.5, 0.6) is 0 Å². The van der Waals surface area contributed by atoms with Crippen molar-refractivity contribution in [1.29, 1.82) is 0 Å². The zero-order valence-electron chi connectivity index (χ0n) is 10.7. The van der Waals surface area contributed by atoms with Gasteiger partial charge in [-0.15, -0.1) is 24.8 Å². The normalized spacial score (nSPS) is 41.2. The highest BCUT2D eigenvalue weighted by Crippen LogP contribution is 2.64. The van der Waals surface area contributed by atoms with Crippen molar-refractivity contribution in [3.05, 3.63) is 0 Å². The minimum atomic E-state index is -2.50. The first kappa shape index (κ1) is 17.3. The van der Waals surface area contributed by atoms with Crippen molar-refractivity contribution in [3.63, 3.8) is 0 Å². The highest BCUT2D eigenvalue weighted by Gasteiger charge is 2.71. The molecule has 1 spiro atoms. The molecule has 3 fully saturated rings. The van der Waals surface area contributed by atoms with Gasteiger partial charge in [-0.1, -0.05) is 0 Å². The van der Waals surface area contributed by atoms with Crippen LogP contribution >= 0.6 is 24.8 Å². The Balaban J connectivity index is 0.000000902. The molecule has 3 unspecified atom stereocenters. The van der Waals surface area contributed by atoms with Gasteiger partial charge in [-0.25, -0.2) is 13.2 Å². The molecule has 0 aromatic heterocycles. The van der Waals surface area contributed by atoms with Crippen molar-refractivity contribution in [2.24, 2.45) is 5.41 Å². The van der Waals surface area contributed by atoms with Crippen LogP contribution < -0.4 is 5.32 Å². The molecule has 2 saturated heterocycles. The fourth-order valence-corrected chi connectivity index (χ4v) is 3.49. The SMILES string of the molecule is Cl.Cl.FC1CNCCC1N1CCCC2(C1)CC2(F)F. The van der Waals surface area contributed by atoms with E-state index >= 15 is 0 Å². The van der Waals surface area contributed by atoms with Crippen LogP contribution in [0.25, 0.3) is 0 Å². The fourth-order valence-electron chi connectivity index (χ4n) is 3.49. The average Bonchev–Trinajstić information content (AvgIpc) is 2.79. The lowest BCUT2D eigenvalue weighted by atomic mass is 9.91. The van der Waals surface area contributed by atoms with Gasteiger partial charge in [0.2, 0.25) is 0 Å². The zero-order valence-corrected chi connectivity index (χ0v) is 12.3. The van der Waals surface area contributed by atoms with E-state index in [0.29, 0.717) is 19.5 Å². The maximum atomic E-state index is 13.8. The maximum absolute atomic E-state index is 13.8. The first-order valence-corrected chi connectivity index (χ1v) is 6.51. The van der Waals surface area contributed by atoms with E-state index in [9.17, 15) is 13.2 Å². The third-order valence-electron chi connectivity index (χ3n) is 4.66. The summed E-state index contributed by atoms with van der Waals surface area (Å²) in [7, 11) is 0. The topological polar surface area (TPSA) is 15.3 Å². The smallest absolute Gasteiger partial charge is 0.255 e. The van der Waals surface area contributed by atoms with E-state index in [0.717, 1.165) is 25.9 Å². The Hall–Kier alpha value is 0.290. The lowest BCUT2D eigenvalue weighted by Gasteiger charge is -2.41. The number of alkyl halides is 3. The third-order valence-corrected chi connectivity index (χ3v) is 4.66. The predicted octanol–water partition coefficient (Wildman–Crippen LogP) is 2.65. The van der Waals surface area contributed by atoms with Gasteiger partial charge < -0.3 is 5.32 Å². The van der Waals surface area contributed by atoms with Gasteiger partial charge in [0.05, 0.1) is 5.41 Å². The monoisotopic (exact) mass is 320 g/mol. The molecular formula is C12H21Cl2F3N2. The summed E-state index contributed by atoms with van der Waals surface area (Å²) >= 11 is 0. The summed E-state index contributed by atoms with van der Waals surface area (Å²) < 4.78 is 40.6.